The van der Waals surface area contributed by atoms with Gasteiger partial charge in [0.05, 0.1) is 15.1 Å². The number of ketones is 1. The number of hydrogen-bond acceptors (Lipinski definition) is 8. The average Bonchev–Trinajstić information content (AvgIpc) is 3.31. The topological polar surface area (TPSA) is 107 Å². The Hall–Kier alpha value is -2.52. The molecule has 0 aromatic carbocycles. The van der Waals surface area contributed by atoms with Crippen molar-refractivity contribution in [1.29, 1.82) is 0 Å². The summed E-state index contributed by atoms with van der Waals surface area (Å²) in [6.07, 6.45) is 4.26. The number of nitrogens with one attached hydrogen (secondary N) is 2. The van der Waals surface area contributed by atoms with Crippen molar-refractivity contribution in [2.75, 3.05) is 29.9 Å². The van der Waals surface area contributed by atoms with E-state index in [0.717, 1.165) is 47.7 Å². The Morgan fingerprint density at radius 2 is 2.07 bits per heavy atom. The van der Waals surface area contributed by atoms with Gasteiger partial charge >= 0.3 is 0 Å². The zero-order chi connectivity index (χ0) is 20.0. The summed E-state index contributed by atoms with van der Waals surface area (Å²) in [6, 6.07) is 3.89. The Labute approximate surface area is 172 Å². The number of aromatic nitrogens is 4. The maximum atomic E-state index is 11.9. The van der Waals surface area contributed by atoms with Crippen LogP contribution in [-0.2, 0) is 0 Å². The van der Waals surface area contributed by atoms with Crippen LogP contribution in [0.3, 0.4) is 0 Å². The van der Waals surface area contributed by atoms with Gasteiger partial charge in [-0.05, 0) is 44.6 Å². The summed E-state index contributed by atoms with van der Waals surface area (Å²) in [7, 11) is 0. The molecule has 152 valence electrons. The van der Waals surface area contributed by atoms with Gasteiger partial charge in [0, 0.05) is 37.4 Å². The number of Topliss-reactive ketones (excluding diaryl/α,β-unsaturated/α-hetero) is 1. The van der Waals surface area contributed by atoms with Crippen molar-refractivity contribution in [1.82, 2.24) is 20.2 Å². The van der Waals surface area contributed by atoms with Crippen molar-refractivity contribution >= 4 is 44.9 Å². The normalized spacial score (nSPS) is 17.8. The monoisotopic (exact) mass is 412 g/mol. The molecule has 1 aliphatic carbocycles. The van der Waals surface area contributed by atoms with E-state index in [-0.39, 0.29) is 12.4 Å². The number of aliphatic hydroxyl groups is 1. The van der Waals surface area contributed by atoms with Gasteiger partial charge in [-0.25, -0.2) is 4.98 Å². The van der Waals surface area contributed by atoms with Crippen LogP contribution in [0.5, 0.6) is 0 Å². The van der Waals surface area contributed by atoms with Crippen LogP contribution in [0.25, 0.3) is 10.2 Å². The summed E-state index contributed by atoms with van der Waals surface area (Å²) in [5.41, 5.74) is 1.93. The molecule has 0 unspecified atom stereocenters. The van der Waals surface area contributed by atoms with Gasteiger partial charge in [-0.3, -0.25) is 9.89 Å². The van der Waals surface area contributed by atoms with Crippen LogP contribution >= 0.6 is 11.3 Å². The summed E-state index contributed by atoms with van der Waals surface area (Å²) in [5.74, 6) is 3.04. The number of thiophene rings is 1. The van der Waals surface area contributed by atoms with Crippen molar-refractivity contribution in [3.63, 3.8) is 0 Å². The zero-order valence-corrected chi connectivity index (χ0v) is 17.1. The molecule has 4 heterocycles. The highest BCUT2D eigenvalue weighted by Crippen LogP contribution is 2.40. The first-order chi connectivity index (χ1) is 14.1. The molecule has 1 saturated carbocycles. The first-order valence-corrected chi connectivity index (χ1v) is 10.9. The van der Waals surface area contributed by atoms with E-state index < -0.39 is 0 Å². The smallest absolute Gasteiger partial charge is 0.227 e. The number of hydrogen-bond donors (Lipinski definition) is 3. The third-order valence-electron chi connectivity index (χ3n) is 5.72. The summed E-state index contributed by atoms with van der Waals surface area (Å²) >= 11 is 1.41. The second-order valence-electron chi connectivity index (χ2n) is 7.97. The number of H-pyrrole nitrogens is 1. The maximum Gasteiger partial charge on any atom is 0.227 e. The van der Waals surface area contributed by atoms with Crippen LogP contribution in [0, 0.1) is 5.92 Å². The minimum atomic E-state index is 0.0278. The van der Waals surface area contributed by atoms with Gasteiger partial charge in [0.1, 0.15) is 0 Å². The van der Waals surface area contributed by atoms with Gasteiger partial charge in [0.15, 0.2) is 17.4 Å². The van der Waals surface area contributed by atoms with E-state index >= 15 is 0 Å². The molecule has 1 aliphatic heterocycles. The number of piperidine rings is 1. The molecule has 3 aromatic rings. The minimum Gasteiger partial charge on any atom is -0.396 e. The largest absolute Gasteiger partial charge is 0.396 e. The fourth-order valence-electron chi connectivity index (χ4n) is 3.76. The third kappa shape index (κ3) is 3.72. The van der Waals surface area contributed by atoms with E-state index in [2.05, 4.69) is 20.4 Å². The number of carbonyl (C=O) groups excluding carboxylic acids is 1. The predicted octanol–water partition coefficient (Wildman–Crippen LogP) is 3.45. The number of anilines is 3. The number of fused-ring (bicyclic) bond motifs is 1. The number of carbonyl (C=O) groups is 1. The number of aliphatic hydroxyl groups excluding tert-OH is 1. The molecule has 0 bridgehead atoms. The molecule has 3 aromatic heterocycles. The molecule has 9 heteroatoms. The Balaban J connectivity index is 1.49. The number of rotatable bonds is 6. The van der Waals surface area contributed by atoms with Gasteiger partial charge in [0.25, 0.3) is 0 Å². The highest BCUT2D eigenvalue weighted by Gasteiger charge is 2.26. The van der Waals surface area contributed by atoms with E-state index in [9.17, 15) is 9.90 Å². The van der Waals surface area contributed by atoms with E-state index in [1.807, 2.05) is 12.1 Å². The van der Waals surface area contributed by atoms with Gasteiger partial charge in [-0.1, -0.05) is 0 Å². The highest BCUT2D eigenvalue weighted by molar-refractivity contribution is 7.21. The minimum absolute atomic E-state index is 0.0278. The molecule has 0 atom stereocenters. The number of aromatic amines is 1. The fourth-order valence-corrected chi connectivity index (χ4v) is 4.69. The van der Waals surface area contributed by atoms with Crippen molar-refractivity contribution in [3.8, 4) is 0 Å². The Bertz CT molecular complexity index is 1050. The first kappa shape index (κ1) is 18.5. The lowest BCUT2D eigenvalue weighted by molar-refractivity contribution is 0.102. The van der Waals surface area contributed by atoms with Crippen molar-refractivity contribution in [2.24, 2.45) is 5.92 Å². The summed E-state index contributed by atoms with van der Waals surface area (Å²) in [4.78, 5) is 24.3. The predicted molar refractivity (Wildman–Crippen MR) is 113 cm³/mol. The van der Waals surface area contributed by atoms with Crippen LogP contribution in [0.2, 0.25) is 0 Å². The lowest BCUT2D eigenvalue weighted by atomic mass is 9.98. The molecule has 0 spiro atoms. The zero-order valence-electron chi connectivity index (χ0n) is 16.3. The summed E-state index contributed by atoms with van der Waals surface area (Å²) in [6.45, 7) is 3.43. The molecular weight excluding hydrogens is 388 g/mol. The van der Waals surface area contributed by atoms with E-state index in [1.165, 1.54) is 24.2 Å². The average molecular weight is 413 g/mol. The SMILES string of the molecule is CC(=O)c1cc2nc(N3CCC(CO)CC3)nc(Nc3cc(C4CC4)[nH]n3)c2s1. The molecule has 5 rings (SSSR count). The quantitative estimate of drug-likeness (QED) is 0.532. The van der Waals surface area contributed by atoms with Gasteiger partial charge in [0.2, 0.25) is 5.95 Å². The molecule has 0 amide bonds. The molecule has 2 aliphatic rings. The number of nitrogens with zero attached hydrogens (tertiary/aromatic N) is 4. The lowest BCUT2D eigenvalue weighted by Gasteiger charge is -2.31. The molecule has 8 nitrogen and oxygen atoms in total. The standard InChI is InChI=1S/C20H24N6O2S/c1-11(28)16-8-15-18(29-16)19(22-17-9-14(24-25-17)13-2-3-13)23-20(21-15)26-6-4-12(10-27)5-7-26/h8-9,12-13,27H,2-7,10H2,1H3,(H2,21,22,23,24,25). The second-order valence-corrected chi connectivity index (χ2v) is 9.03. The van der Waals surface area contributed by atoms with E-state index in [1.54, 1.807) is 6.92 Å². The first-order valence-electron chi connectivity index (χ1n) is 10.1. The lowest BCUT2D eigenvalue weighted by Crippen LogP contribution is -2.35. The van der Waals surface area contributed by atoms with Crippen molar-refractivity contribution in [2.45, 2.75) is 38.5 Å². The Morgan fingerprint density at radius 1 is 1.28 bits per heavy atom. The van der Waals surface area contributed by atoms with Crippen molar-refractivity contribution in [3.05, 3.63) is 22.7 Å². The Kier molecular flexibility index (Phi) is 4.71. The molecule has 3 N–H and O–H groups in total. The van der Waals surface area contributed by atoms with Crippen LogP contribution < -0.4 is 10.2 Å². The second kappa shape index (κ2) is 7.38. The van der Waals surface area contributed by atoms with E-state index in [0.29, 0.717) is 28.5 Å². The van der Waals surface area contributed by atoms with Gasteiger partial charge in [-0.15, -0.1) is 11.3 Å². The van der Waals surface area contributed by atoms with Gasteiger partial charge < -0.3 is 15.3 Å². The van der Waals surface area contributed by atoms with Crippen LogP contribution in [0.15, 0.2) is 12.1 Å². The maximum absolute atomic E-state index is 11.9. The van der Waals surface area contributed by atoms with E-state index in [4.69, 9.17) is 9.97 Å². The van der Waals surface area contributed by atoms with Crippen LogP contribution in [-0.4, -0.2) is 50.8 Å². The Morgan fingerprint density at radius 3 is 2.76 bits per heavy atom. The molecular formula is C20H24N6O2S. The van der Waals surface area contributed by atoms with Crippen LogP contribution in [0.1, 0.15) is 53.9 Å². The molecule has 29 heavy (non-hydrogen) atoms. The molecule has 0 radical (unpaired) electrons. The fraction of sp³-hybridized carbons (Fsp3) is 0.500. The summed E-state index contributed by atoms with van der Waals surface area (Å²) in [5, 5.41) is 20.2. The van der Waals surface area contributed by atoms with Gasteiger partial charge in [-0.2, -0.15) is 10.1 Å². The molecule has 1 saturated heterocycles. The third-order valence-corrected chi connectivity index (χ3v) is 6.96. The van der Waals surface area contributed by atoms with Crippen molar-refractivity contribution < 1.29 is 9.90 Å². The highest BCUT2D eigenvalue weighted by atomic mass is 32.1. The van der Waals surface area contributed by atoms with Crippen LogP contribution in [0.4, 0.5) is 17.6 Å². The summed E-state index contributed by atoms with van der Waals surface area (Å²) < 4.78 is 0.861. The molecule has 2 fully saturated rings.